The first-order valence-electron chi connectivity index (χ1n) is 5.33. The molecule has 0 saturated heterocycles. The summed E-state index contributed by atoms with van der Waals surface area (Å²) >= 11 is 0. The molecule has 0 spiro atoms. The zero-order valence-corrected chi connectivity index (χ0v) is 9.55. The number of rotatable bonds is 5. The van der Waals surface area contributed by atoms with Crippen molar-refractivity contribution < 1.29 is 9.72 Å². The summed E-state index contributed by atoms with van der Waals surface area (Å²) in [7, 11) is 0. The molecule has 6 heteroatoms. The molecule has 0 aliphatic carbocycles. The summed E-state index contributed by atoms with van der Waals surface area (Å²) in [6, 6.07) is 5.69. The first-order valence-corrected chi connectivity index (χ1v) is 5.33. The van der Waals surface area contributed by atoms with E-state index in [1.807, 2.05) is 6.92 Å². The molecule has 0 heterocycles. The third-order valence-corrected chi connectivity index (χ3v) is 2.39. The highest BCUT2D eigenvalue weighted by atomic mass is 16.6. The van der Waals surface area contributed by atoms with Crippen LogP contribution in [0.4, 0.5) is 5.69 Å². The number of nitrogens with one attached hydrogen (secondary N) is 1. The van der Waals surface area contributed by atoms with Crippen LogP contribution in [0.3, 0.4) is 0 Å². The van der Waals surface area contributed by atoms with Gasteiger partial charge in [0.15, 0.2) is 0 Å². The largest absolute Gasteiger partial charge is 0.350 e. The van der Waals surface area contributed by atoms with E-state index in [9.17, 15) is 14.9 Å². The SMILES string of the molecule is CCC(N)CNC(=O)c1ccccc1[N+](=O)[O-]. The van der Waals surface area contributed by atoms with Gasteiger partial charge in [0.25, 0.3) is 11.6 Å². The number of hydrogen-bond acceptors (Lipinski definition) is 4. The van der Waals surface area contributed by atoms with E-state index in [0.717, 1.165) is 6.42 Å². The zero-order valence-electron chi connectivity index (χ0n) is 9.55. The molecule has 1 atom stereocenters. The molecule has 0 aliphatic heterocycles. The first-order chi connectivity index (χ1) is 8.06. The molecule has 6 nitrogen and oxygen atoms in total. The minimum atomic E-state index is -0.575. The maximum absolute atomic E-state index is 11.7. The quantitative estimate of drug-likeness (QED) is 0.591. The highest BCUT2D eigenvalue weighted by molar-refractivity contribution is 5.98. The zero-order chi connectivity index (χ0) is 12.8. The van der Waals surface area contributed by atoms with Crippen LogP contribution in [0.15, 0.2) is 24.3 Å². The van der Waals surface area contributed by atoms with Crippen LogP contribution in [0, 0.1) is 10.1 Å². The van der Waals surface area contributed by atoms with Crippen molar-refractivity contribution in [1.82, 2.24) is 5.32 Å². The Morgan fingerprint density at radius 2 is 2.18 bits per heavy atom. The summed E-state index contributed by atoms with van der Waals surface area (Å²) in [6.45, 7) is 2.21. The van der Waals surface area contributed by atoms with Crippen LogP contribution < -0.4 is 11.1 Å². The van der Waals surface area contributed by atoms with Crippen LogP contribution in [0.25, 0.3) is 0 Å². The van der Waals surface area contributed by atoms with Gasteiger partial charge >= 0.3 is 0 Å². The van der Waals surface area contributed by atoms with Crippen molar-refractivity contribution in [2.75, 3.05) is 6.54 Å². The van der Waals surface area contributed by atoms with Gasteiger partial charge < -0.3 is 11.1 Å². The van der Waals surface area contributed by atoms with Gasteiger partial charge in [-0.05, 0) is 12.5 Å². The molecule has 0 aromatic heterocycles. The average Bonchev–Trinajstić information content (AvgIpc) is 2.35. The van der Waals surface area contributed by atoms with Crippen LogP contribution in [-0.2, 0) is 0 Å². The molecule has 0 aliphatic rings. The molecule has 92 valence electrons. The third kappa shape index (κ3) is 3.53. The minimum absolute atomic E-state index is 0.0563. The number of amides is 1. The van der Waals surface area contributed by atoms with E-state index in [2.05, 4.69) is 5.32 Å². The Morgan fingerprint density at radius 1 is 1.53 bits per heavy atom. The molecule has 1 rings (SSSR count). The monoisotopic (exact) mass is 237 g/mol. The minimum Gasteiger partial charge on any atom is -0.350 e. The summed E-state index contributed by atoms with van der Waals surface area (Å²) in [5.74, 6) is -0.471. The fourth-order valence-corrected chi connectivity index (χ4v) is 1.29. The first kappa shape index (κ1) is 13.1. The molecule has 1 amide bonds. The molecular weight excluding hydrogens is 222 g/mol. The number of nitrogens with two attached hydrogens (primary N) is 1. The molecule has 1 aromatic rings. The smallest absolute Gasteiger partial charge is 0.282 e. The van der Waals surface area contributed by atoms with E-state index < -0.39 is 10.8 Å². The summed E-state index contributed by atoms with van der Waals surface area (Å²) < 4.78 is 0. The van der Waals surface area contributed by atoms with Crippen LogP contribution in [0.1, 0.15) is 23.7 Å². The number of nitrogens with zero attached hydrogens (tertiary/aromatic N) is 1. The van der Waals surface area contributed by atoms with Gasteiger partial charge in [0.05, 0.1) is 4.92 Å². The van der Waals surface area contributed by atoms with Crippen LogP contribution in [0.5, 0.6) is 0 Å². The Hall–Kier alpha value is -1.95. The Labute approximate surface area is 99.0 Å². The molecule has 1 unspecified atom stereocenters. The predicted molar refractivity (Wildman–Crippen MR) is 63.7 cm³/mol. The van der Waals surface area contributed by atoms with E-state index in [-0.39, 0.29) is 17.3 Å². The van der Waals surface area contributed by atoms with Gasteiger partial charge in [0.2, 0.25) is 0 Å². The summed E-state index contributed by atoms with van der Waals surface area (Å²) in [4.78, 5) is 21.9. The third-order valence-electron chi connectivity index (χ3n) is 2.39. The second-order valence-electron chi connectivity index (χ2n) is 3.65. The van der Waals surface area contributed by atoms with Crippen LogP contribution in [-0.4, -0.2) is 23.4 Å². The molecule has 0 fully saturated rings. The highest BCUT2D eigenvalue weighted by Gasteiger charge is 2.18. The Kier molecular flexibility index (Phi) is 4.59. The van der Waals surface area contributed by atoms with Crippen molar-refractivity contribution in [1.29, 1.82) is 0 Å². The lowest BCUT2D eigenvalue weighted by Gasteiger charge is -2.10. The van der Waals surface area contributed by atoms with Crippen molar-refractivity contribution in [2.24, 2.45) is 5.73 Å². The molecular formula is C11H15N3O3. The number of carbonyl (C=O) groups excluding carboxylic acids is 1. The van der Waals surface area contributed by atoms with Crippen molar-refractivity contribution in [2.45, 2.75) is 19.4 Å². The topological polar surface area (TPSA) is 98.3 Å². The number of hydrogen-bond donors (Lipinski definition) is 2. The van der Waals surface area contributed by atoms with Crippen LogP contribution in [0.2, 0.25) is 0 Å². The average molecular weight is 237 g/mol. The maximum Gasteiger partial charge on any atom is 0.282 e. The van der Waals surface area contributed by atoms with Crippen molar-refractivity contribution in [3.63, 3.8) is 0 Å². The Morgan fingerprint density at radius 3 is 2.76 bits per heavy atom. The van der Waals surface area contributed by atoms with Gasteiger partial charge in [-0.15, -0.1) is 0 Å². The number of para-hydroxylation sites is 1. The summed E-state index contributed by atoms with van der Waals surface area (Å²) in [6.07, 6.45) is 0.733. The predicted octanol–water partition coefficient (Wildman–Crippen LogP) is 1.06. The molecule has 17 heavy (non-hydrogen) atoms. The number of benzene rings is 1. The van der Waals surface area contributed by atoms with E-state index in [4.69, 9.17) is 5.73 Å². The Balaban J connectivity index is 2.78. The highest BCUT2D eigenvalue weighted by Crippen LogP contribution is 2.17. The normalized spacial score (nSPS) is 11.9. The number of nitro groups is 1. The molecule has 1 aromatic carbocycles. The molecule has 0 bridgehead atoms. The van der Waals surface area contributed by atoms with Gasteiger partial charge in [-0.1, -0.05) is 19.1 Å². The van der Waals surface area contributed by atoms with Crippen molar-refractivity contribution in [3.8, 4) is 0 Å². The fraction of sp³-hybridized carbons (Fsp3) is 0.364. The van der Waals surface area contributed by atoms with Gasteiger partial charge in [0.1, 0.15) is 5.56 Å². The lowest BCUT2D eigenvalue weighted by molar-refractivity contribution is -0.385. The van der Waals surface area contributed by atoms with E-state index in [1.165, 1.54) is 18.2 Å². The molecule has 3 N–H and O–H groups in total. The molecule has 0 saturated carbocycles. The standard InChI is InChI=1S/C11H15N3O3/c1-2-8(12)7-13-11(15)9-5-3-4-6-10(9)14(16)17/h3-6,8H,2,7,12H2,1H3,(H,13,15). The van der Waals surface area contributed by atoms with Crippen LogP contribution >= 0.6 is 0 Å². The van der Waals surface area contributed by atoms with Gasteiger partial charge in [-0.3, -0.25) is 14.9 Å². The second kappa shape index (κ2) is 5.95. The number of nitro benzene ring substituents is 1. The maximum atomic E-state index is 11.7. The molecule has 0 radical (unpaired) electrons. The fourth-order valence-electron chi connectivity index (χ4n) is 1.29. The van der Waals surface area contributed by atoms with Gasteiger partial charge in [-0.2, -0.15) is 0 Å². The van der Waals surface area contributed by atoms with Crippen molar-refractivity contribution >= 4 is 11.6 Å². The lowest BCUT2D eigenvalue weighted by atomic mass is 10.1. The second-order valence-corrected chi connectivity index (χ2v) is 3.65. The van der Waals surface area contributed by atoms with Crippen molar-refractivity contribution in [3.05, 3.63) is 39.9 Å². The lowest BCUT2D eigenvalue weighted by Crippen LogP contribution is -2.36. The summed E-state index contributed by atoms with van der Waals surface area (Å²) in [5.41, 5.74) is 5.51. The summed E-state index contributed by atoms with van der Waals surface area (Å²) in [5, 5.41) is 13.3. The van der Waals surface area contributed by atoms with Gasteiger partial charge in [0, 0.05) is 18.7 Å². The number of carbonyl (C=O) groups is 1. The van der Waals surface area contributed by atoms with Gasteiger partial charge in [-0.25, -0.2) is 0 Å². The van der Waals surface area contributed by atoms with E-state index in [1.54, 1.807) is 6.07 Å². The Bertz CT molecular complexity index is 420. The van der Waals surface area contributed by atoms with E-state index >= 15 is 0 Å². The van der Waals surface area contributed by atoms with E-state index in [0.29, 0.717) is 6.54 Å².